The lowest BCUT2D eigenvalue weighted by atomic mass is 9.94. The number of aromatic nitrogens is 2. The van der Waals surface area contributed by atoms with E-state index in [2.05, 4.69) is 29.5 Å². The molecule has 1 unspecified atom stereocenters. The molecule has 0 fully saturated rings. The van der Waals surface area contributed by atoms with Crippen molar-refractivity contribution in [2.75, 3.05) is 0 Å². The lowest BCUT2D eigenvalue weighted by Crippen LogP contribution is -2.45. The van der Waals surface area contributed by atoms with Crippen molar-refractivity contribution in [1.29, 1.82) is 0 Å². The second kappa shape index (κ2) is 9.44. The first-order valence-corrected chi connectivity index (χ1v) is 12.3. The van der Waals surface area contributed by atoms with Gasteiger partial charge < -0.3 is 9.84 Å². The third-order valence-corrected chi connectivity index (χ3v) is 7.08. The van der Waals surface area contributed by atoms with E-state index in [1.807, 2.05) is 60.8 Å². The number of rotatable bonds is 6. The largest absolute Gasteiger partial charge is 0.334 e. The molecule has 172 valence electrons. The second-order valence-corrected chi connectivity index (χ2v) is 9.54. The van der Waals surface area contributed by atoms with Crippen LogP contribution in [0.2, 0.25) is 5.02 Å². The summed E-state index contributed by atoms with van der Waals surface area (Å²) in [5.41, 5.74) is 4.54. The Morgan fingerprint density at radius 3 is 2.56 bits per heavy atom. The summed E-state index contributed by atoms with van der Waals surface area (Å²) in [5, 5.41) is 9.99. The zero-order chi connectivity index (χ0) is 23.7. The number of hydrogen-bond acceptors (Lipinski definition) is 5. The minimum atomic E-state index is -0.444. The summed E-state index contributed by atoms with van der Waals surface area (Å²) in [6, 6.07) is 18.9. The Hall–Kier alpha value is -3.42. The number of halogens is 1. The van der Waals surface area contributed by atoms with Gasteiger partial charge in [-0.15, -0.1) is 11.3 Å². The number of hydrogen-bond donors (Lipinski definition) is 1. The fourth-order valence-electron chi connectivity index (χ4n) is 4.05. The summed E-state index contributed by atoms with van der Waals surface area (Å²) >= 11 is 7.72. The summed E-state index contributed by atoms with van der Waals surface area (Å²) in [6.07, 6.45) is 0.965. The van der Waals surface area contributed by atoms with Crippen LogP contribution in [0.3, 0.4) is 0 Å². The summed E-state index contributed by atoms with van der Waals surface area (Å²) in [7, 11) is 0. The Morgan fingerprint density at radius 2 is 1.88 bits per heavy atom. The zero-order valence-electron chi connectivity index (χ0n) is 18.8. The molecule has 0 spiro atoms. The topological polar surface area (TPSA) is 71.3 Å². The van der Waals surface area contributed by atoms with E-state index in [1.54, 1.807) is 16.2 Å². The van der Waals surface area contributed by atoms with Crippen LogP contribution >= 0.6 is 22.9 Å². The molecule has 1 atom stereocenters. The number of aryl methyl sites for hydroxylation is 1. The van der Waals surface area contributed by atoms with Gasteiger partial charge in [-0.3, -0.25) is 4.90 Å². The summed E-state index contributed by atoms with van der Waals surface area (Å²) in [4.78, 5) is 20.7. The van der Waals surface area contributed by atoms with Gasteiger partial charge in [-0.25, -0.2) is 4.79 Å². The van der Waals surface area contributed by atoms with Crippen LogP contribution in [-0.4, -0.2) is 21.1 Å². The number of nitrogens with one attached hydrogen (secondary N) is 1. The van der Waals surface area contributed by atoms with Crippen molar-refractivity contribution in [2.45, 2.75) is 32.9 Å². The van der Waals surface area contributed by atoms with Crippen molar-refractivity contribution in [1.82, 2.24) is 20.4 Å². The molecule has 2 amide bonds. The zero-order valence-corrected chi connectivity index (χ0v) is 20.4. The Kier molecular flexibility index (Phi) is 6.22. The quantitative estimate of drug-likeness (QED) is 0.326. The summed E-state index contributed by atoms with van der Waals surface area (Å²) in [6.45, 7) is 4.50. The minimum absolute atomic E-state index is 0.176. The highest BCUT2D eigenvalue weighted by Crippen LogP contribution is 2.38. The molecule has 34 heavy (non-hydrogen) atoms. The normalized spacial score (nSPS) is 16.1. The van der Waals surface area contributed by atoms with E-state index in [9.17, 15) is 4.79 Å². The van der Waals surface area contributed by atoms with Gasteiger partial charge in [-0.1, -0.05) is 66.1 Å². The SMILES string of the molecule is CCc1ccc(-c2noc(C3=C(C)N(Cc4cccs4)C(=O)NC3c3ccc(Cl)cc3)n2)cc1. The third-order valence-electron chi connectivity index (χ3n) is 5.97. The maximum Gasteiger partial charge on any atom is 0.322 e. The van der Waals surface area contributed by atoms with Crippen molar-refractivity contribution >= 4 is 34.5 Å². The van der Waals surface area contributed by atoms with E-state index in [4.69, 9.17) is 21.1 Å². The van der Waals surface area contributed by atoms with E-state index in [1.165, 1.54) is 5.56 Å². The van der Waals surface area contributed by atoms with E-state index >= 15 is 0 Å². The standard InChI is InChI=1S/C26H23ClN4O2S/c1-3-17-6-8-19(9-7-17)24-29-25(33-30-24)22-16(2)31(15-21-5-4-14-34-21)26(32)28-23(22)18-10-12-20(27)13-11-18/h4-14,23H,3,15H2,1-2H3,(H,28,32). The fourth-order valence-corrected chi connectivity index (χ4v) is 4.87. The Bertz CT molecular complexity index is 1330. The molecule has 1 aliphatic rings. The first-order chi connectivity index (χ1) is 16.5. The summed E-state index contributed by atoms with van der Waals surface area (Å²) < 4.78 is 5.76. The van der Waals surface area contributed by atoms with Gasteiger partial charge >= 0.3 is 6.03 Å². The van der Waals surface area contributed by atoms with Crippen LogP contribution in [0.25, 0.3) is 17.0 Å². The number of allylic oxidation sites excluding steroid dienone is 1. The molecule has 0 bridgehead atoms. The number of benzene rings is 2. The number of nitrogens with zero attached hydrogens (tertiary/aromatic N) is 3. The Labute approximate surface area is 206 Å². The van der Waals surface area contributed by atoms with Crippen molar-refractivity contribution in [2.24, 2.45) is 0 Å². The second-order valence-electron chi connectivity index (χ2n) is 8.07. The summed E-state index contributed by atoms with van der Waals surface area (Å²) in [5.74, 6) is 0.887. The molecule has 0 aliphatic carbocycles. The van der Waals surface area contributed by atoms with Gasteiger partial charge in [0.05, 0.1) is 18.2 Å². The molecule has 0 saturated carbocycles. The molecule has 4 aromatic rings. The maximum absolute atomic E-state index is 13.1. The van der Waals surface area contributed by atoms with Gasteiger partial charge in [0, 0.05) is 21.2 Å². The molecule has 1 N–H and O–H groups in total. The molecule has 0 saturated heterocycles. The van der Waals surface area contributed by atoms with Gasteiger partial charge in [0.25, 0.3) is 5.89 Å². The lowest BCUT2D eigenvalue weighted by Gasteiger charge is -2.35. The molecular weight excluding hydrogens is 468 g/mol. The molecule has 3 heterocycles. The van der Waals surface area contributed by atoms with E-state index in [0.717, 1.165) is 33.7 Å². The van der Waals surface area contributed by atoms with Gasteiger partial charge in [0.1, 0.15) is 0 Å². The van der Waals surface area contributed by atoms with Crippen LogP contribution in [0.5, 0.6) is 0 Å². The van der Waals surface area contributed by atoms with Crippen molar-refractivity contribution in [3.05, 3.63) is 98.7 Å². The molecule has 5 rings (SSSR count). The van der Waals surface area contributed by atoms with Gasteiger partial charge in [-0.2, -0.15) is 4.98 Å². The van der Waals surface area contributed by atoms with Crippen LogP contribution in [0.4, 0.5) is 4.79 Å². The molecule has 2 aromatic carbocycles. The highest BCUT2D eigenvalue weighted by molar-refractivity contribution is 7.09. The van der Waals surface area contributed by atoms with E-state index in [-0.39, 0.29) is 6.03 Å². The van der Waals surface area contributed by atoms with Gasteiger partial charge in [0.15, 0.2) is 0 Å². The monoisotopic (exact) mass is 490 g/mol. The predicted molar refractivity (Wildman–Crippen MR) is 134 cm³/mol. The first-order valence-electron chi connectivity index (χ1n) is 11.0. The van der Waals surface area contributed by atoms with Crippen LogP contribution in [0.15, 0.2) is 76.3 Å². The van der Waals surface area contributed by atoms with Crippen LogP contribution in [0, 0.1) is 0 Å². The molecular formula is C26H23ClN4O2S. The average Bonchev–Trinajstić information content (AvgIpc) is 3.54. The smallest absolute Gasteiger partial charge is 0.322 e. The maximum atomic E-state index is 13.1. The Balaban J connectivity index is 1.58. The fraction of sp³-hybridized carbons (Fsp3) is 0.192. The van der Waals surface area contributed by atoms with Crippen molar-refractivity contribution in [3.8, 4) is 11.4 Å². The third kappa shape index (κ3) is 4.36. The predicted octanol–water partition coefficient (Wildman–Crippen LogP) is 6.71. The Morgan fingerprint density at radius 1 is 1.12 bits per heavy atom. The van der Waals surface area contributed by atoms with Crippen molar-refractivity contribution in [3.63, 3.8) is 0 Å². The molecule has 2 aromatic heterocycles. The van der Waals surface area contributed by atoms with Crippen LogP contribution in [0.1, 0.15) is 41.8 Å². The number of thiophene rings is 1. The number of carbonyl (C=O) groups is 1. The number of amides is 2. The molecule has 6 nitrogen and oxygen atoms in total. The average molecular weight is 491 g/mol. The molecule has 8 heteroatoms. The highest BCUT2D eigenvalue weighted by Gasteiger charge is 2.35. The van der Waals surface area contributed by atoms with Crippen LogP contribution in [-0.2, 0) is 13.0 Å². The minimum Gasteiger partial charge on any atom is -0.334 e. The van der Waals surface area contributed by atoms with Gasteiger partial charge in [-0.05, 0) is 48.1 Å². The van der Waals surface area contributed by atoms with Crippen molar-refractivity contribution < 1.29 is 9.32 Å². The van der Waals surface area contributed by atoms with E-state index < -0.39 is 6.04 Å². The van der Waals surface area contributed by atoms with Crippen LogP contribution < -0.4 is 5.32 Å². The lowest BCUT2D eigenvalue weighted by molar-refractivity contribution is 0.203. The van der Waals surface area contributed by atoms with Gasteiger partial charge in [0.2, 0.25) is 5.82 Å². The highest BCUT2D eigenvalue weighted by atomic mass is 35.5. The molecule has 1 aliphatic heterocycles. The number of carbonyl (C=O) groups excluding carboxylic acids is 1. The van der Waals surface area contributed by atoms with E-state index in [0.29, 0.717) is 23.3 Å². The number of urea groups is 1. The molecule has 0 radical (unpaired) electrons. The first kappa shape index (κ1) is 22.4.